The number of benzene rings is 3. The molecule has 272 valence electrons. The molecule has 0 atom stereocenters. The number of morpholine rings is 1. The molecule has 2 amide bonds. The molecule has 0 spiro atoms. The largest absolute Gasteiger partial charge is 0.430 e. The van der Waals surface area contributed by atoms with Crippen molar-refractivity contribution in [1.82, 2.24) is 10.2 Å². The molecule has 5 rings (SSSR count). The SMILES string of the molecule is O=C(NC1CCC(c2ccc(C(OCc3c(F)cccc3F)(C(F)(F)F)C(F)(F)F)cc2)(S(=O)(=O)c2ccc(F)cc2)CC1)N1CCOCC1. The monoisotopic (exact) mass is 738 g/mol. The Kier molecular flexibility index (Phi) is 10.5. The molecule has 3 aromatic rings. The lowest BCUT2D eigenvalue weighted by Gasteiger charge is -2.41. The Hall–Kier alpha value is -3.83. The smallest absolute Gasteiger partial charge is 0.378 e. The number of urea groups is 1. The first-order valence-electron chi connectivity index (χ1n) is 15.4. The zero-order chi connectivity index (χ0) is 36.5. The summed E-state index contributed by atoms with van der Waals surface area (Å²) in [5.41, 5.74) is -7.91. The van der Waals surface area contributed by atoms with Gasteiger partial charge in [0, 0.05) is 30.3 Å². The van der Waals surface area contributed by atoms with E-state index >= 15 is 0 Å². The third-order valence-electron chi connectivity index (χ3n) is 9.17. The number of sulfone groups is 1. The Bertz CT molecular complexity index is 1730. The summed E-state index contributed by atoms with van der Waals surface area (Å²) < 4.78 is 165. The highest BCUT2D eigenvalue weighted by Gasteiger charge is 2.73. The first-order valence-corrected chi connectivity index (χ1v) is 16.9. The Morgan fingerprint density at radius 3 is 1.90 bits per heavy atom. The topological polar surface area (TPSA) is 84.9 Å². The molecule has 1 heterocycles. The van der Waals surface area contributed by atoms with E-state index in [1.807, 2.05) is 0 Å². The van der Waals surface area contributed by atoms with Gasteiger partial charge in [-0.1, -0.05) is 30.3 Å². The second-order valence-corrected chi connectivity index (χ2v) is 14.3. The fourth-order valence-corrected chi connectivity index (χ4v) is 8.57. The normalized spacial score (nSPS) is 20.8. The number of hydrogen-bond donors (Lipinski definition) is 1. The van der Waals surface area contributed by atoms with E-state index in [4.69, 9.17) is 4.74 Å². The fraction of sp³-hybridized carbons (Fsp3) is 0.424. The molecule has 1 aliphatic carbocycles. The maximum Gasteiger partial charge on any atom is 0.430 e. The van der Waals surface area contributed by atoms with Gasteiger partial charge in [0.15, 0.2) is 9.84 Å². The second-order valence-electron chi connectivity index (χ2n) is 12.0. The highest BCUT2D eigenvalue weighted by molar-refractivity contribution is 7.92. The number of ether oxygens (including phenoxy) is 2. The van der Waals surface area contributed by atoms with Crippen LogP contribution in [-0.2, 0) is 36.3 Å². The van der Waals surface area contributed by atoms with Crippen molar-refractivity contribution in [2.75, 3.05) is 26.3 Å². The molecule has 0 bridgehead atoms. The second kappa shape index (κ2) is 14.1. The molecule has 1 saturated heterocycles. The van der Waals surface area contributed by atoms with Crippen LogP contribution in [0.1, 0.15) is 42.4 Å². The molecular weight excluding hydrogens is 707 g/mol. The Balaban J connectivity index is 1.53. The van der Waals surface area contributed by atoms with Gasteiger partial charge in [-0.25, -0.2) is 26.4 Å². The molecule has 1 aliphatic heterocycles. The van der Waals surface area contributed by atoms with Crippen LogP contribution in [0.2, 0.25) is 0 Å². The summed E-state index contributed by atoms with van der Waals surface area (Å²) in [5.74, 6) is -3.60. The first-order chi connectivity index (χ1) is 23.4. The summed E-state index contributed by atoms with van der Waals surface area (Å²) >= 11 is 0. The van der Waals surface area contributed by atoms with Gasteiger partial charge in [0.05, 0.1) is 24.7 Å². The first kappa shape index (κ1) is 37.4. The minimum Gasteiger partial charge on any atom is -0.378 e. The van der Waals surface area contributed by atoms with Gasteiger partial charge in [-0.3, -0.25) is 0 Å². The van der Waals surface area contributed by atoms with Crippen molar-refractivity contribution < 1.29 is 62.2 Å². The number of amides is 2. The Morgan fingerprint density at radius 1 is 0.840 bits per heavy atom. The third kappa shape index (κ3) is 6.91. The molecule has 2 fully saturated rings. The van der Waals surface area contributed by atoms with E-state index in [-0.39, 0.29) is 36.1 Å². The molecule has 7 nitrogen and oxygen atoms in total. The molecule has 2 aliphatic rings. The quantitative estimate of drug-likeness (QED) is 0.194. The van der Waals surface area contributed by atoms with Crippen molar-refractivity contribution >= 4 is 15.9 Å². The van der Waals surface area contributed by atoms with Crippen LogP contribution in [0.15, 0.2) is 71.6 Å². The maximum absolute atomic E-state index is 14.5. The highest BCUT2D eigenvalue weighted by atomic mass is 32.2. The summed E-state index contributed by atoms with van der Waals surface area (Å²) in [7, 11) is -4.49. The van der Waals surface area contributed by atoms with Crippen molar-refractivity contribution in [3.05, 3.63) is 101 Å². The van der Waals surface area contributed by atoms with E-state index in [1.165, 1.54) is 4.90 Å². The molecular formula is C33H31F9N2O5S. The van der Waals surface area contributed by atoms with Crippen molar-refractivity contribution in [1.29, 1.82) is 0 Å². The summed E-state index contributed by atoms with van der Waals surface area (Å²) in [4.78, 5) is 14.0. The van der Waals surface area contributed by atoms with Crippen molar-refractivity contribution in [2.24, 2.45) is 0 Å². The molecule has 0 unspecified atom stereocenters. The molecule has 1 N–H and O–H groups in total. The summed E-state index contributed by atoms with van der Waals surface area (Å²) in [6, 6.07) is 7.49. The lowest BCUT2D eigenvalue weighted by molar-refractivity contribution is -0.392. The minimum absolute atomic E-state index is 0.0601. The predicted molar refractivity (Wildman–Crippen MR) is 160 cm³/mol. The van der Waals surface area contributed by atoms with Gasteiger partial charge in [0.1, 0.15) is 22.2 Å². The highest BCUT2D eigenvalue weighted by Crippen LogP contribution is 2.54. The van der Waals surface area contributed by atoms with Crippen LogP contribution in [0.3, 0.4) is 0 Å². The van der Waals surface area contributed by atoms with E-state index < -0.39 is 79.8 Å². The third-order valence-corrected chi connectivity index (χ3v) is 11.7. The Labute approximate surface area is 281 Å². The molecule has 0 aromatic heterocycles. The summed E-state index contributed by atoms with van der Waals surface area (Å²) in [5, 5.41) is 2.84. The Morgan fingerprint density at radius 2 is 1.38 bits per heavy atom. The van der Waals surface area contributed by atoms with E-state index in [1.54, 1.807) is 0 Å². The number of hydrogen-bond acceptors (Lipinski definition) is 5. The zero-order valence-electron chi connectivity index (χ0n) is 26.1. The summed E-state index contributed by atoms with van der Waals surface area (Å²) in [6.45, 7) is -0.405. The van der Waals surface area contributed by atoms with Crippen molar-refractivity contribution in [3.8, 4) is 0 Å². The van der Waals surface area contributed by atoms with Gasteiger partial charge in [-0.05, 0) is 67.6 Å². The van der Waals surface area contributed by atoms with Crippen LogP contribution in [0.5, 0.6) is 0 Å². The molecule has 0 radical (unpaired) electrons. The number of carbonyl (C=O) groups is 1. The van der Waals surface area contributed by atoms with Crippen LogP contribution in [0, 0.1) is 17.5 Å². The van der Waals surface area contributed by atoms with Gasteiger partial charge in [0.2, 0.25) is 0 Å². The number of carbonyl (C=O) groups excluding carboxylic acids is 1. The maximum atomic E-state index is 14.5. The van der Waals surface area contributed by atoms with Gasteiger partial charge >= 0.3 is 18.4 Å². The molecule has 17 heteroatoms. The van der Waals surface area contributed by atoms with Crippen LogP contribution in [0.25, 0.3) is 0 Å². The standard InChI is InChI=1S/C33H31F9N2O5S/c34-23-8-10-25(11-9-23)50(46,47)30(14-12-24(13-15-30)43-29(45)44-16-18-48-19-17-44)21-4-6-22(7-5-21)31(32(37,38)39,33(40,41)42)49-20-26-27(35)2-1-3-28(26)36/h1-11,24H,12-20H2,(H,43,45). The van der Waals surface area contributed by atoms with Crippen LogP contribution < -0.4 is 5.32 Å². The van der Waals surface area contributed by atoms with Crippen molar-refractivity contribution in [2.45, 2.75) is 65.9 Å². The van der Waals surface area contributed by atoms with Crippen molar-refractivity contribution in [3.63, 3.8) is 0 Å². The van der Waals surface area contributed by atoms with Gasteiger partial charge in [-0.15, -0.1) is 0 Å². The molecule has 50 heavy (non-hydrogen) atoms. The van der Waals surface area contributed by atoms with Gasteiger partial charge < -0.3 is 19.7 Å². The number of alkyl halides is 6. The average molecular weight is 739 g/mol. The number of halogens is 9. The lowest BCUT2D eigenvalue weighted by Crippen LogP contribution is -2.56. The fourth-order valence-electron chi connectivity index (χ4n) is 6.41. The van der Waals surface area contributed by atoms with E-state index in [9.17, 15) is 52.7 Å². The minimum atomic E-state index is -6.21. The lowest BCUT2D eigenvalue weighted by atomic mass is 9.79. The van der Waals surface area contributed by atoms with E-state index in [0.29, 0.717) is 50.6 Å². The van der Waals surface area contributed by atoms with Gasteiger partial charge in [-0.2, -0.15) is 26.3 Å². The van der Waals surface area contributed by atoms with Crippen LogP contribution in [0.4, 0.5) is 44.3 Å². The number of nitrogens with zero attached hydrogens (tertiary/aromatic N) is 1. The van der Waals surface area contributed by atoms with E-state index in [2.05, 4.69) is 10.1 Å². The number of nitrogens with one attached hydrogen (secondary N) is 1. The van der Waals surface area contributed by atoms with Crippen LogP contribution in [-0.4, -0.2) is 64.0 Å². The average Bonchev–Trinajstić information content (AvgIpc) is 3.06. The zero-order valence-corrected chi connectivity index (χ0v) is 26.9. The van der Waals surface area contributed by atoms with E-state index in [0.717, 1.165) is 42.5 Å². The summed E-state index contributed by atoms with van der Waals surface area (Å²) in [6.07, 6.45) is -12.7. The van der Waals surface area contributed by atoms with Gasteiger partial charge in [0.25, 0.3) is 5.60 Å². The number of rotatable bonds is 8. The molecule has 3 aromatic carbocycles. The molecule has 1 saturated carbocycles. The predicted octanol–water partition coefficient (Wildman–Crippen LogP) is 7.29. The van der Waals surface area contributed by atoms with Crippen LogP contribution >= 0.6 is 0 Å².